The van der Waals surface area contributed by atoms with Crippen molar-refractivity contribution in [3.8, 4) is 0 Å². The number of hydrogen-bond acceptors (Lipinski definition) is 5. The van der Waals surface area contributed by atoms with E-state index >= 15 is 0 Å². The van der Waals surface area contributed by atoms with E-state index in [1.165, 1.54) is 0 Å². The zero-order chi connectivity index (χ0) is 24.6. The van der Waals surface area contributed by atoms with Gasteiger partial charge in [-0.05, 0) is 57.1 Å². The molecule has 0 radical (unpaired) electrons. The fourth-order valence-electron chi connectivity index (χ4n) is 4.98. The zero-order valence-corrected chi connectivity index (χ0v) is 18.5. The van der Waals surface area contributed by atoms with Gasteiger partial charge < -0.3 is 14.9 Å². The van der Waals surface area contributed by atoms with Crippen LogP contribution in [0.4, 0.5) is 23.4 Å². The van der Waals surface area contributed by atoms with Crippen molar-refractivity contribution in [2.75, 3.05) is 24.5 Å². The van der Waals surface area contributed by atoms with Crippen molar-refractivity contribution in [3.05, 3.63) is 30.6 Å². The average Bonchev–Trinajstić information content (AvgIpc) is 3.48. The van der Waals surface area contributed by atoms with Crippen LogP contribution in [0.1, 0.15) is 44.9 Å². The van der Waals surface area contributed by atoms with Crippen molar-refractivity contribution in [1.29, 1.82) is 0 Å². The summed E-state index contributed by atoms with van der Waals surface area (Å²) in [6, 6.07) is 8.14. The molecule has 11 heteroatoms. The molecule has 1 amide bonds. The van der Waals surface area contributed by atoms with Crippen LogP contribution in [0.15, 0.2) is 30.6 Å². The van der Waals surface area contributed by atoms with Crippen molar-refractivity contribution in [3.63, 3.8) is 0 Å². The van der Waals surface area contributed by atoms with E-state index in [1.54, 1.807) is 11.2 Å². The van der Waals surface area contributed by atoms with Gasteiger partial charge in [0.15, 0.2) is 5.67 Å². The highest BCUT2D eigenvalue weighted by molar-refractivity contribution is 5.90. The van der Waals surface area contributed by atoms with Gasteiger partial charge in [-0.1, -0.05) is 12.1 Å². The molecule has 5 rings (SSSR count). The van der Waals surface area contributed by atoms with Crippen LogP contribution in [-0.4, -0.2) is 68.9 Å². The van der Waals surface area contributed by atoms with Gasteiger partial charge in [0, 0.05) is 30.6 Å². The lowest BCUT2D eigenvalue weighted by Gasteiger charge is -2.39. The number of benzene rings is 1. The Morgan fingerprint density at radius 1 is 0.941 bits per heavy atom. The summed E-state index contributed by atoms with van der Waals surface area (Å²) < 4.78 is 46.0. The molecule has 1 unspecified atom stereocenters. The van der Waals surface area contributed by atoms with E-state index < -0.39 is 17.8 Å². The Kier molecular flexibility index (Phi) is 6.39. The second kappa shape index (κ2) is 8.99. The van der Waals surface area contributed by atoms with Crippen LogP contribution in [0.3, 0.4) is 0 Å². The van der Waals surface area contributed by atoms with Crippen LogP contribution in [0.25, 0.3) is 10.9 Å². The molecule has 1 N–H and O–H groups in total. The van der Waals surface area contributed by atoms with Crippen molar-refractivity contribution in [2.24, 2.45) is 0 Å². The van der Waals surface area contributed by atoms with Crippen molar-refractivity contribution >= 4 is 28.6 Å². The number of fused-ring (bicyclic) bond motifs is 1. The number of carboxylic acid groups (broad SMARTS) is 1. The maximum atomic E-state index is 14.3. The monoisotopic (exact) mass is 482 g/mol. The number of alkyl halides is 4. The third-order valence-electron chi connectivity index (χ3n) is 6.89. The minimum Gasteiger partial charge on any atom is -0.475 e. The molecule has 2 aliphatic heterocycles. The van der Waals surface area contributed by atoms with Crippen molar-refractivity contribution in [2.45, 2.75) is 62.3 Å². The summed E-state index contributed by atoms with van der Waals surface area (Å²) in [7, 11) is 0. The number of para-hydroxylation sites is 1. The quantitative estimate of drug-likeness (QED) is 0.649. The Labute approximate surface area is 193 Å². The maximum absolute atomic E-state index is 14.3. The first kappa shape index (κ1) is 24.2. The molecule has 1 spiro atoms. The SMILES string of the molecule is O=C(N1CCCC2(CCCN2c2ncnc3ccccc23)CC1)C1(F)CC1.O=C(O)C(F)(F)F. The molecule has 3 fully saturated rings. The second-order valence-corrected chi connectivity index (χ2v) is 9.11. The fraction of sp³-hybridized carbons (Fsp3) is 0.565. The number of carbonyl (C=O) groups excluding carboxylic acids is 1. The molecular weight excluding hydrogens is 456 g/mol. The summed E-state index contributed by atoms with van der Waals surface area (Å²) >= 11 is 0. The van der Waals surface area contributed by atoms with Gasteiger partial charge in [-0.2, -0.15) is 13.2 Å². The third-order valence-corrected chi connectivity index (χ3v) is 6.89. The van der Waals surface area contributed by atoms with E-state index in [9.17, 15) is 22.4 Å². The van der Waals surface area contributed by atoms with Crippen LogP contribution in [0.2, 0.25) is 0 Å². The van der Waals surface area contributed by atoms with Gasteiger partial charge in [0.05, 0.1) is 5.52 Å². The van der Waals surface area contributed by atoms with Crippen LogP contribution in [0, 0.1) is 0 Å². The second-order valence-electron chi connectivity index (χ2n) is 9.11. The molecule has 1 saturated carbocycles. The molecule has 7 nitrogen and oxygen atoms in total. The van der Waals surface area contributed by atoms with Crippen LogP contribution in [0.5, 0.6) is 0 Å². The lowest BCUT2D eigenvalue weighted by molar-refractivity contribution is -0.192. The maximum Gasteiger partial charge on any atom is 0.490 e. The van der Waals surface area contributed by atoms with E-state index in [4.69, 9.17) is 9.90 Å². The highest BCUT2D eigenvalue weighted by Gasteiger charge is 2.53. The molecule has 2 aromatic rings. The molecule has 1 aromatic heterocycles. The molecular formula is C23H26F4N4O3. The van der Waals surface area contributed by atoms with E-state index in [1.807, 2.05) is 18.2 Å². The summed E-state index contributed by atoms with van der Waals surface area (Å²) in [6.07, 6.45) is 2.41. The van der Waals surface area contributed by atoms with Gasteiger partial charge in [0.25, 0.3) is 5.91 Å². The largest absolute Gasteiger partial charge is 0.490 e. The highest BCUT2D eigenvalue weighted by Crippen LogP contribution is 2.45. The van der Waals surface area contributed by atoms with Crippen LogP contribution in [-0.2, 0) is 9.59 Å². The first-order chi connectivity index (χ1) is 16.1. The number of likely N-dealkylation sites (tertiary alicyclic amines) is 1. The highest BCUT2D eigenvalue weighted by atomic mass is 19.4. The van der Waals surface area contributed by atoms with Gasteiger partial charge in [0.1, 0.15) is 12.1 Å². The first-order valence-corrected chi connectivity index (χ1v) is 11.3. The number of carbonyl (C=O) groups is 2. The first-order valence-electron chi connectivity index (χ1n) is 11.3. The Morgan fingerprint density at radius 2 is 1.59 bits per heavy atom. The number of amides is 1. The predicted octanol–water partition coefficient (Wildman–Crippen LogP) is 4.12. The molecule has 1 atom stereocenters. The summed E-state index contributed by atoms with van der Waals surface area (Å²) in [6.45, 7) is 2.29. The molecule has 3 aliphatic rings. The van der Waals surface area contributed by atoms with Crippen LogP contribution < -0.4 is 4.90 Å². The number of anilines is 1. The van der Waals surface area contributed by atoms with E-state index in [-0.39, 0.29) is 11.4 Å². The summed E-state index contributed by atoms with van der Waals surface area (Å²) in [4.78, 5) is 34.7. The molecule has 1 aromatic carbocycles. The Balaban J connectivity index is 0.000000344. The number of aromatic nitrogens is 2. The Bertz CT molecular complexity index is 1070. The zero-order valence-electron chi connectivity index (χ0n) is 18.5. The molecule has 34 heavy (non-hydrogen) atoms. The number of halogens is 4. The lowest BCUT2D eigenvalue weighted by atomic mass is 9.87. The summed E-state index contributed by atoms with van der Waals surface area (Å²) in [5, 5.41) is 8.21. The minimum absolute atomic E-state index is 0.0131. The topological polar surface area (TPSA) is 86.6 Å². The normalized spacial score (nSPS) is 23.9. The smallest absolute Gasteiger partial charge is 0.475 e. The van der Waals surface area contributed by atoms with E-state index in [0.29, 0.717) is 25.9 Å². The van der Waals surface area contributed by atoms with Gasteiger partial charge >= 0.3 is 12.1 Å². The molecule has 1 aliphatic carbocycles. The van der Waals surface area contributed by atoms with E-state index in [2.05, 4.69) is 20.9 Å². The lowest BCUT2D eigenvalue weighted by Crippen LogP contribution is -2.46. The van der Waals surface area contributed by atoms with Gasteiger partial charge in [-0.25, -0.2) is 19.2 Å². The number of carboxylic acids is 1. The Hall–Kier alpha value is -2.98. The van der Waals surface area contributed by atoms with Crippen LogP contribution >= 0.6 is 0 Å². The summed E-state index contributed by atoms with van der Waals surface area (Å²) in [5.41, 5.74) is -0.586. The minimum atomic E-state index is -5.08. The number of rotatable bonds is 2. The van der Waals surface area contributed by atoms with E-state index in [0.717, 1.165) is 55.4 Å². The Morgan fingerprint density at radius 3 is 2.24 bits per heavy atom. The molecule has 2 saturated heterocycles. The van der Waals surface area contributed by atoms with Gasteiger partial charge in [-0.3, -0.25) is 4.79 Å². The number of nitrogens with zero attached hydrogens (tertiary/aromatic N) is 4. The molecule has 184 valence electrons. The third kappa shape index (κ3) is 4.78. The predicted molar refractivity (Wildman–Crippen MR) is 116 cm³/mol. The number of aliphatic carboxylic acids is 1. The fourth-order valence-corrected chi connectivity index (χ4v) is 4.98. The summed E-state index contributed by atoms with van der Waals surface area (Å²) in [5.74, 6) is -2.04. The van der Waals surface area contributed by atoms with Crippen molar-refractivity contribution in [1.82, 2.24) is 14.9 Å². The van der Waals surface area contributed by atoms with Crippen molar-refractivity contribution < 1.29 is 32.3 Å². The standard InChI is InChI=1S/C21H25FN4O.C2HF3O2/c22-21(9-10-21)19(27)25-12-3-7-20(11-14-25)8-4-13-26(20)18-16-5-1-2-6-17(16)23-15-24-18;3-2(4,5)1(6)7/h1-2,5-6,15H,3-4,7-14H2;(H,6,7). The van der Waals surface area contributed by atoms with Gasteiger partial charge in [0.2, 0.25) is 0 Å². The number of hydrogen-bond donors (Lipinski definition) is 1. The average molecular weight is 482 g/mol. The molecule has 0 bridgehead atoms. The van der Waals surface area contributed by atoms with Gasteiger partial charge in [-0.15, -0.1) is 0 Å². The molecule has 3 heterocycles.